The molecular formula is C23H25N9O3. The molecule has 3 N–H and O–H groups in total. The van der Waals surface area contributed by atoms with E-state index in [1.54, 1.807) is 0 Å². The predicted octanol–water partition coefficient (Wildman–Crippen LogP) is 2.42. The quantitative estimate of drug-likeness (QED) is 0.260. The fourth-order valence-corrected chi connectivity index (χ4v) is 3.21. The van der Waals surface area contributed by atoms with Crippen molar-refractivity contribution in [2.24, 2.45) is 5.10 Å². The number of rotatable bonds is 10. The van der Waals surface area contributed by atoms with Gasteiger partial charge in [0.05, 0.1) is 25.1 Å². The highest BCUT2D eigenvalue weighted by Gasteiger charge is 2.25. The summed E-state index contributed by atoms with van der Waals surface area (Å²) in [5.74, 6) is 0.400. The molecule has 0 fully saturated rings. The minimum Gasteiger partial charge on any atom is -0.494 e. The van der Waals surface area contributed by atoms with Gasteiger partial charge in [0.15, 0.2) is 5.69 Å². The third-order valence-corrected chi connectivity index (χ3v) is 4.99. The van der Waals surface area contributed by atoms with Crippen LogP contribution >= 0.6 is 0 Å². The monoisotopic (exact) mass is 475 g/mol. The van der Waals surface area contributed by atoms with Crippen molar-refractivity contribution < 1.29 is 14.2 Å². The summed E-state index contributed by atoms with van der Waals surface area (Å²) in [6.45, 7) is 2.97. The van der Waals surface area contributed by atoms with E-state index in [4.69, 9.17) is 15.1 Å². The Balaban J connectivity index is 1.53. The maximum absolute atomic E-state index is 12.9. The number of carbonyl (C=O) groups is 1. The maximum atomic E-state index is 12.9. The van der Waals surface area contributed by atoms with E-state index in [0.717, 1.165) is 23.4 Å². The van der Waals surface area contributed by atoms with Gasteiger partial charge in [-0.05, 0) is 58.7 Å². The van der Waals surface area contributed by atoms with Crippen molar-refractivity contribution in [3.8, 4) is 11.6 Å². The number of carbonyl (C=O) groups excluding carboxylic acids is 1. The number of amides is 1. The third-order valence-electron chi connectivity index (χ3n) is 4.99. The molecule has 0 aliphatic rings. The van der Waals surface area contributed by atoms with Crippen molar-refractivity contribution in [3.05, 3.63) is 71.5 Å². The number of nitrogens with zero attached hydrogens (tertiary/aromatic N) is 7. The molecule has 0 saturated carbocycles. The predicted molar refractivity (Wildman–Crippen MR) is 129 cm³/mol. The van der Waals surface area contributed by atoms with Crippen molar-refractivity contribution in [2.45, 2.75) is 19.9 Å². The molecule has 0 aliphatic carbocycles. The first-order valence-corrected chi connectivity index (χ1v) is 10.9. The first-order chi connectivity index (χ1) is 17.1. The molecule has 4 rings (SSSR count). The van der Waals surface area contributed by atoms with Crippen LogP contribution in [0.1, 0.15) is 35.1 Å². The lowest BCUT2D eigenvalue weighted by Gasteiger charge is -2.19. The maximum Gasteiger partial charge on any atom is 0.293 e. The first-order valence-electron chi connectivity index (χ1n) is 10.9. The van der Waals surface area contributed by atoms with Crippen LogP contribution in [0, 0.1) is 0 Å². The van der Waals surface area contributed by atoms with Crippen molar-refractivity contribution in [2.75, 3.05) is 24.3 Å². The molecule has 2 aromatic heterocycles. The highest BCUT2D eigenvalue weighted by Crippen LogP contribution is 2.20. The molecule has 2 heterocycles. The zero-order valence-corrected chi connectivity index (χ0v) is 19.3. The number of nitrogens with two attached hydrogens (primary N) is 1. The summed E-state index contributed by atoms with van der Waals surface area (Å²) in [7, 11) is 1.88. The Morgan fingerprint density at radius 3 is 2.66 bits per heavy atom. The van der Waals surface area contributed by atoms with Gasteiger partial charge in [0, 0.05) is 12.7 Å². The van der Waals surface area contributed by atoms with Gasteiger partial charge in [0.2, 0.25) is 11.6 Å². The average molecular weight is 476 g/mol. The van der Waals surface area contributed by atoms with Crippen molar-refractivity contribution >= 4 is 23.6 Å². The summed E-state index contributed by atoms with van der Waals surface area (Å²) in [5, 5.41) is 19.5. The Hall–Kier alpha value is -4.74. The number of para-hydroxylation sites is 1. The van der Waals surface area contributed by atoms with Gasteiger partial charge >= 0.3 is 0 Å². The zero-order valence-electron chi connectivity index (χ0n) is 19.3. The summed E-state index contributed by atoms with van der Waals surface area (Å²) in [6.07, 6.45) is 2.46. The number of hydrogen-bond donors (Lipinski definition) is 2. The summed E-state index contributed by atoms with van der Waals surface area (Å²) < 4.78 is 11.6. The largest absolute Gasteiger partial charge is 0.494 e. The molecule has 0 bridgehead atoms. The van der Waals surface area contributed by atoms with Gasteiger partial charge in [-0.2, -0.15) is 9.78 Å². The van der Waals surface area contributed by atoms with E-state index >= 15 is 0 Å². The fraction of sp³-hybridized carbons (Fsp3) is 0.217. The molecule has 1 amide bonds. The molecule has 180 valence electrons. The summed E-state index contributed by atoms with van der Waals surface area (Å²) in [6, 6.07) is 17.0. The van der Waals surface area contributed by atoms with Crippen LogP contribution in [0.15, 0.2) is 64.3 Å². The minimum absolute atomic E-state index is 0.0230. The van der Waals surface area contributed by atoms with Crippen LogP contribution in [0.5, 0.6) is 5.75 Å². The van der Waals surface area contributed by atoms with Crippen molar-refractivity contribution in [3.63, 3.8) is 0 Å². The molecule has 0 unspecified atom stereocenters. The summed E-state index contributed by atoms with van der Waals surface area (Å²) in [4.78, 5) is 14.9. The lowest BCUT2D eigenvalue weighted by atomic mass is 10.2. The molecule has 4 aromatic rings. The summed E-state index contributed by atoms with van der Waals surface area (Å²) in [5.41, 5.74) is 10.6. The Morgan fingerprint density at radius 1 is 1.20 bits per heavy atom. The van der Waals surface area contributed by atoms with Crippen LogP contribution in [0.25, 0.3) is 5.82 Å². The van der Waals surface area contributed by atoms with Gasteiger partial charge in [-0.1, -0.05) is 30.3 Å². The second kappa shape index (κ2) is 10.9. The van der Waals surface area contributed by atoms with Gasteiger partial charge in [-0.25, -0.2) is 10.1 Å². The molecular weight excluding hydrogens is 450 g/mol. The topological polar surface area (TPSA) is 150 Å². The molecule has 0 atom stereocenters. The second-order valence-corrected chi connectivity index (χ2v) is 7.58. The van der Waals surface area contributed by atoms with E-state index in [1.165, 1.54) is 10.9 Å². The number of ether oxygens (including phenoxy) is 1. The van der Waals surface area contributed by atoms with E-state index in [1.807, 2.05) is 73.5 Å². The van der Waals surface area contributed by atoms with Crippen LogP contribution in [0.4, 0.5) is 11.5 Å². The SMILES string of the molecule is CCCOc1ccc(/C=N\NC(=O)c2nnn(-c3nonc3N)c2CN(C)c2ccccc2)cc1. The minimum atomic E-state index is -0.540. The molecule has 0 saturated heterocycles. The van der Waals surface area contributed by atoms with Crippen LogP contribution < -0.4 is 20.8 Å². The number of hydrazone groups is 1. The Bertz CT molecular complexity index is 1280. The first kappa shape index (κ1) is 23.4. The molecule has 0 aliphatic heterocycles. The number of hydrogen-bond acceptors (Lipinski definition) is 10. The van der Waals surface area contributed by atoms with E-state index < -0.39 is 5.91 Å². The fourth-order valence-electron chi connectivity index (χ4n) is 3.21. The Labute approximate surface area is 201 Å². The van der Waals surface area contributed by atoms with Crippen LogP contribution in [0.2, 0.25) is 0 Å². The van der Waals surface area contributed by atoms with Gasteiger partial charge in [-0.15, -0.1) is 5.10 Å². The average Bonchev–Trinajstić information content (AvgIpc) is 3.49. The van der Waals surface area contributed by atoms with E-state index in [2.05, 4.69) is 31.2 Å². The number of nitrogens with one attached hydrogen (secondary N) is 1. The summed E-state index contributed by atoms with van der Waals surface area (Å²) >= 11 is 0. The van der Waals surface area contributed by atoms with Crippen LogP contribution in [-0.2, 0) is 6.54 Å². The molecule has 0 spiro atoms. The smallest absolute Gasteiger partial charge is 0.293 e. The number of benzene rings is 2. The zero-order chi connectivity index (χ0) is 24.6. The van der Waals surface area contributed by atoms with Gasteiger partial charge in [0.25, 0.3) is 5.91 Å². The van der Waals surface area contributed by atoms with Gasteiger partial charge in [-0.3, -0.25) is 4.79 Å². The standard InChI is InChI=1S/C23H25N9O3/c1-3-13-34-18-11-9-16(10-12-18)14-25-27-23(33)20-19(15-31(2)17-7-5-4-6-8-17)32(30-26-20)22-21(24)28-35-29-22/h4-12,14H,3,13,15H2,1-2H3,(H2,24,28)(H,27,33)/b25-14-. The molecule has 35 heavy (non-hydrogen) atoms. The van der Waals surface area contributed by atoms with E-state index in [9.17, 15) is 4.79 Å². The third kappa shape index (κ3) is 5.61. The number of aromatic nitrogens is 5. The molecule has 12 heteroatoms. The van der Waals surface area contributed by atoms with E-state index in [0.29, 0.717) is 12.3 Å². The van der Waals surface area contributed by atoms with Crippen LogP contribution in [-0.4, -0.2) is 51.1 Å². The Morgan fingerprint density at radius 2 is 1.97 bits per heavy atom. The second-order valence-electron chi connectivity index (χ2n) is 7.58. The molecule has 0 radical (unpaired) electrons. The van der Waals surface area contributed by atoms with Crippen LogP contribution in [0.3, 0.4) is 0 Å². The Kier molecular flexibility index (Phi) is 7.31. The highest BCUT2D eigenvalue weighted by molar-refractivity contribution is 5.94. The lowest BCUT2D eigenvalue weighted by molar-refractivity contribution is 0.0949. The van der Waals surface area contributed by atoms with Gasteiger partial charge in [0.1, 0.15) is 5.75 Å². The van der Waals surface area contributed by atoms with E-state index in [-0.39, 0.29) is 23.9 Å². The van der Waals surface area contributed by atoms with Gasteiger partial charge < -0.3 is 15.4 Å². The number of anilines is 2. The highest BCUT2D eigenvalue weighted by atomic mass is 16.6. The molecule has 2 aromatic carbocycles. The normalized spacial score (nSPS) is 11.0. The molecule has 12 nitrogen and oxygen atoms in total. The van der Waals surface area contributed by atoms with Crippen molar-refractivity contribution in [1.82, 2.24) is 30.7 Å². The van der Waals surface area contributed by atoms with Crippen molar-refractivity contribution in [1.29, 1.82) is 0 Å². The lowest BCUT2D eigenvalue weighted by Crippen LogP contribution is -2.24. The number of nitrogen functional groups attached to an aromatic ring is 1.